The Labute approximate surface area is 91.7 Å². The molecule has 1 aromatic heterocycles. The zero-order chi connectivity index (χ0) is 11.3. The van der Waals surface area contributed by atoms with Crippen LogP contribution in [-0.2, 0) is 27.3 Å². The first-order valence-corrected chi connectivity index (χ1v) is 5.23. The normalized spacial score (nSPS) is 12.7. The molecule has 1 rings (SSSR count). The number of rotatable bonds is 6. The van der Waals surface area contributed by atoms with Gasteiger partial charge in [0, 0.05) is 26.0 Å². The van der Waals surface area contributed by atoms with Crippen LogP contribution in [0, 0.1) is 0 Å². The number of hydrogen-bond donors (Lipinski definition) is 1. The van der Waals surface area contributed by atoms with Gasteiger partial charge in [0.05, 0.1) is 12.3 Å². The van der Waals surface area contributed by atoms with Crippen LogP contribution in [0.1, 0.15) is 10.7 Å². The molecule has 5 nitrogen and oxygen atoms in total. The van der Waals surface area contributed by atoms with Gasteiger partial charge >= 0.3 is 5.97 Å². The van der Waals surface area contributed by atoms with Gasteiger partial charge in [0.1, 0.15) is 5.01 Å². The van der Waals surface area contributed by atoms with Gasteiger partial charge in [-0.1, -0.05) is 0 Å². The highest BCUT2D eigenvalue weighted by molar-refractivity contribution is 7.09. The second-order valence-electron chi connectivity index (χ2n) is 2.93. The molecule has 0 saturated heterocycles. The van der Waals surface area contributed by atoms with E-state index >= 15 is 0 Å². The second kappa shape index (κ2) is 5.79. The van der Waals surface area contributed by atoms with E-state index in [1.165, 1.54) is 18.4 Å². The molecule has 0 aliphatic rings. The van der Waals surface area contributed by atoms with E-state index in [2.05, 4.69) is 4.98 Å². The van der Waals surface area contributed by atoms with E-state index in [4.69, 9.17) is 14.6 Å². The predicted molar refractivity (Wildman–Crippen MR) is 55.0 cm³/mol. The summed E-state index contributed by atoms with van der Waals surface area (Å²) in [5, 5.41) is 11.4. The molecule has 1 N–H and O–H groups in total. The van der Waals surface area contributed by atoms with Crippen LogP contribution in [0.5, 0.6) is 0 Å². The van der Waals surface area contributed by atoms with E-state index in [1.807, 2.05) is 5.38 Å². The van der Waals surface area contributed by atoms with Crippen molar-refractivity contribution < 1.29 is 19.4 Å². The van der Waals surface area contributed by atoms with Gasteiger partial charge in [-0.3, -0.25) is 0 Å². The summed E-state index contributed by atoms with van der Waals surface area (Å²) in [6.45, 7) is 0.454. The van der Waals surface area contributed by atoms with Crippen molar-refractivity contribution >= 4 is 17.3 Å². The van der Waals surface area contributed by atoms with Crippen molar-refractivity contribution in [2.45, 2.75) is 19.1 Å². The molecule has 0 fully saturated rings. The fourth-order valence-electron chi connectivity index (χ4n) is 1.09. The third kappa shape index (κ3) is 3.58. The molecule has 1 atom stereocenters. The van der Waals surface area contributed by atoms with Crippen LogP contribution < -0.4 is 0 Å². The minimum atomic E-state index is -0.973. The molecule has 1 heterocycles. The maximum absolute atomic E-state index is 10.7. The van der Waals surface area contributed by atoms with Crippen LogP contribution in [0.25, 0.3) is 0 Å². The zero-order valence-corrected chi connectivity index (χ0v) is 9.41. The van der Waals surface area contributed by atoms with Gasteiger partial charge in [0.25, 0.3) is 0 Å². The number of thiazole rings is 1. The summed E-state index contributed by atoms with van der Waals surface area (Å²) in [6, 6.07) is 0. The van der Waals surface area contributed by atoms with Crippen LogP contribution in [0.4, 0.5) is 0 Å². The number of methoxy groups -OCH3 is 2. The van der Waals surface area contributed by atoms with Crippen molar-refractivity contribution in [2.24, 2.45) is 0 Å². The van der Waals surface area contributed by atoms with Crippen LogP contribution in [0.2, 0.25) is 0 Å². The molecule has 0 aliphatic heterocycles. The average Bonchev–Trinajstić information content (AvgIpc) is 2.62. The van der Waals surface area contributed by atoms with E-state index in [0.29, 0.717) is 6.61 Å². The van der Waals surface area contributed by atoms with Crippen LogP contribution >= 0.6 is 11.3 Å². The number of carbonyl (C=O) groups is 1. The van der Waals surface area contributed by atoms with Crippen LogP contribution in [0.3, 0.4) is 0 Å². The highest BCUT2D eigenvalue weighted by Crippen LogP contribution is 2.13. The third-order valence-corrected chi connectivity index (χ3v) is 2.69. The smallest absolute Gasteiger partial charge is 0.333 e. The summed E-state index contributed by atoms with van der Waals surface area (Å²) in [5.41, 5.74) is 0.723. The Morgan fingerprint density at radius 1 is 1.67 bits per heavy atom. The summed E-state index contributed by atoms with van der Waals surface area (Å²) in [5.74, 6) is -0.973. The lowest BCUT2D eigenvalue weighted by molar-refractivity contribution is -0.148. The van der Waals surface area contributed by atoms with Gasteiger partial charge in [0.15, 0.2) is 6.10 Å². The van der Waals surface area contributed by atoms with Gasteiger partial charge in [-0.15, -0.1) is 11.3 Å². The topological polar surface area (TPSA) is 68.7 Å². The van der Waals surface area contributed by atoms with Crippen molar-refractivity contribution in [1.82, 2.24) is 4.98 Å². The summed E-state index contributed by atoms with van der Waals surface area (Å²) >= 11 is 1.45. The van der Waals surface area contributed by atoms with Gasteiger partial charge in [-0.05, 0) is 0 Å². The van der Waals surface area contributed by atoms with E-state index in [0.717, 1.165) is 10.7 Å². The van der Waals surface area contributed by atoms with Gasteiger partial charge in [-0.2, -0.15) is 0 Å². The summed E-state index contributed by atoms with van der Waals surface area (Å²) in [6.07, 6.45) is -0.547. The standard InChI is InChI=1S/C9H13NO4S/c1-13-4-8-10-6(5-15-8)3-7(14-2)9(11)12/h5,7H,3-4H2,1-2H3,(H,11,12). The van der Waals surface area contributed by atoms with E-state index < -0.39 is 12.1 Å². The minimum absolute atomic E-state index is 0.284. The van der Waals surface area contributed by atoms with Crippen LogP contribution in [0.15, 0.2) is 5.38 Å². The van der Waals surface area contributed by atoms with Gasteiger partial charge in [-0.25, -0.2) is 9.78 Å². The molecule has 0 bridgehead atoms. The number of carboxylic acid groups (broad SMARTS) is 1. The molecule has 0 aromatic carbocycles. The maximum atomic E-state index is 10.7. The van der Waals surface area contributed by atoms with Crippen molar-refractivity contribution in [3.05, 3.63) is 16.1 Å². The van der Waals surface area contributed by atoms with Crippen molar-refractivity contribution in [3.63, 3.8) is 0 Å². The Bertz CT molecular complexity index is 326. The number of carboxylic acids is 1. The lowest BCUT2D eigenvalue weighted by Gasteiger charge is -2.07. The van der Waals surface area contributed by atoms with Crippen molar-refractivity contribution in [1.29, 1.82) is 0 Å². The molecule has 84 valence electrons. The van der Waals surface area contributed by atoms with Crippen molar-refractivity contribution in [3.8, 4) is 0 Å². The third-order valence-electron chi connectivity index (χ3n) is 1.82. The fourth-order valence-corrected chi connectivity index (χ4v) is 1.87. The molecular weight excluding hydrogens is 218 g/mol. The molecule has 0 aliphatic carbocycles. The number of nitrogens with zero attached hydrogens (tertiary/aromatic N) is 1. The molecular formula is C9H13NO4S. The quantitative estimate of drug-likeness (QED) is 0.788. The Hall–Kier alpha value is -0.980. The first-order chi connectivity index (χ1) is 7.17. The fraction of sp³-hybridized carbons (Fsp3) is 0.556. The molecule has 0 saturated carbocycles. The van der Waals surface area contributed by atoms with Crippen LogP contribution in [-0.4, -0.2) is 36.4 Å². The predicted octanol–water partition coefficient (Wildman–Crippen LogP) is 0.932. The average molecular weight is 231 g/mol. The molecule has 1 unspecified atom stereocenters. The Morgan fingerprint density at radius 2 is 2.40 bits per heavy atom. The Kier molecular flexibility index (Phi) is 4.67. The number of aromatic nitrogens is 1. The maximum Gasteiger partial charge on any atom is 0.333 e. The van der Waals surface area contributed by atoms with Crippen molar-refractivity contribution in [2.75, 3.05) is 14.2 Å². The molecule has 0 amide bonds. The molecule has 0 spiro atoms. The SMILES string of the molecule is COCc1nc(CC(OC)C(=O)O)cs1. The number of hydrogen-bond acceptors (Lipinski definition) is 5. The lowest BCUT2D eigenvalue weighted by atomic mass is 10.2. The minimum Gasteiger partial charge on any atom is -0.479 e. The first-order valence-electron chi connectivity index (χ1n) is 4.35. The highest BCUT2D eigenvalue weighted by Gasteiger charge is 2.18. The number of ether oxygens (including phenoxy) is 2. The van der Waals surface area contributed by atoms with E-state index in [1.54, 1.807) is 7.11 Å². The largest absolute Gasteiger partial charge is 0.479 e. The molecule has 15 heavy (non-hydrogen) atoms. The summed E-state index contributed by atoms with van der Waals surface area (Å²) in [7, 11) is 2.97. The van der Waals surface area contributed by atoms with Gasteiger partial charge in [0.2, 0.25) is 0 Å². The second-order valence-corrected chi connectivity index (χ2v) is 3.87. The Morgan fingerprint density at radius 3 is 2.93 bits per heavy atom. The molecule has 0 radical (unpaired) electrons. The first kappa shape index (κ1) is 12.1. The zero-order valence-electron chi connectivity index (χ0n) is 8.60. The molecule has 1 aromatic rings. The van der Waals surface area contributed by atoms with E-state index in [9.17, 15) is 4.79 Å². The lowest BCUT2D eigenvalue weighted by Crippen LogP contribution is -2.24. The van der Waals surface area contributed by atoms with Gasteiger partial charge < -0.3 is 14.6 Å². The molecule has 6 heteroatoms. The monoisotopic (exact) mass is 231 g/mol. The highest BCUT2D eigenvalue weighted by atomic mass is 32.1. The summed E-state index contributed by atoms with van der Waals surface area (Å²) < 4.78 is 9.74. The van der Waals surface area contributed by atoms with E-state index in [-0.39, 0.29) is 6.42 Å². The Balaban J connectivity index is 2.59. The summed E-state index contributed by atoms with van der Waals surface area (Å²) in [4.78, 5) is 14.9. The number of aliphatic carboxylic acids is 1.